The Labute approximate surface area is 148 Å². The molecule has 7 heteroatoms. The maximum absolute atomic E-state index is 12.2. The Balaban J connectivity index is 1.82. The molecule has 0 aliphatic carbocycles. The molecule has 0 bridgehead atoms. The standard InChI is InChI=1S/C18H14ClNO5/c1-23-13-10-6-5-9-12(13)20-15-14(19)17(22)25-18(15)24-16(21)11-7-3-2-4-8-11/h2-10,18,20H,1H3. The molecule has 1 atom stereocenters. The highest BCUT2D eigenvalue weighted by Crippen LogP contribution is 2.32. The summed E-state index contributed by atoms with van der Waals surface area (Å²) in [5.41, 5.74) is 1.02. The molecular formula is C18H14ClNO5. The van der Waals surface area contributed by atoms with E-state index >= 15 is 0 Å². The Morgan fingerprint density at radius 2 is 1.80 bits per heavy atom. The summed E-state index contributed by atoms with van der Waals surface area (Å²) in [6, 6.07) is 15.4. The second-order valence-corrected chi connectivity index (χ2v) is 5.44. The number of esters is 2. The van der Waals surface area contributed by atoms with Crippen LogP contribution in [0.4, 0.5) is 5.69 Å². The Morgan fingerprint density at radius 1 is 1.12 bits per heavy atom. The van der Waals surface area contributed by atoms with Crippen LogP contribution in [0.2, 0.25) is 0 Å². The van der Waals surface area contributed by atoms with Gasteiger partial charge in [0.25, 0.3) is 6.29 Å². The first-order valence-corrected chi connectivity index (χ1v) is 7.74. The van der Waals surface area contributed by atoms with Crippen LogP contribution in [0.25, 0.3) is 0 Å². The lowest BCUT2D eigenvalue weighted by Gasteiger charge is -2.17. The maximum atomic E-state index is 12.2. The van der Waals surface area contributed by atoms with Gasteiger partial charge < -0.3 is 19.5 Å². The summed E-state index contributed by atoms with van der Waals surface area (Å²) in [5.74, 6) is -0.874. The lowest BCUT2D eigenvalue weighted by atomic mass is 10.2. The monoisotopic (exact) mass is 359 g/mol. The number of hydrogen-bond acceptors (Lipinski definition) is 6. The highest BCUT2D eigenvalue weighted by molar-refractivity contribution is 6.42. The molecule has 1 N–H and O–H groups in total. The molecule has 1 unspecified atom stereocenters. The third-order valence-electron chi connectivity index (χ3n) is 3.47. The smallest absolute Gasteiger partial charge is 0.355 e. The number of rotatable bonds is 5. The number of carbonyl (C=O) groups is 2. The highest BCUT2D eigenvalue weighted by atomic mass is 35.5. The molecule has 0 aromatic heterocycles. The number of hydrogen-bond donors (Lipinski definition) is 1. The molecule has 0 saturated heterocycles. The lowest BCUT2D eigenvalue weighted by Crippen LogP contribution is -2.24. The first-order chi connectivity index (χ1) is 12.1. The van der Waals surface area contributed by atoms with Crippen molar-refractivity contribution in [3.8, 4) is 5.75 Å². The summed E-state index contributed by atoms with van der Waals surface area (Å²) in [5, 5.41) is 2.76. The Kier molecular flexibility index (Phi) is 4.90. The number of carbonyl (C=O) groups excluding carboxylic acids is 2. The van der Waals surface area contributed by atoms with Crippen LogP contribution in [-0.4, -0.2) is 25.3 Å². The molecule has 2 aromatic carbocycles. The molecule has 6 nitrogen and oxygen atoms in total. The van der Waals surface area contributed by atoms with Crippen molar-refractivity contribution in [1.29, 1.82) is 0 Å². The van der Waals surface area contributed by atoms with E-state index in [9.17, 15) is 9.59 Å². The largest absolute Gasteiger partial charge is 0.495 e. The van der Waals surface area contributed by atoms with E-state index in [4.69, 9.17) is 25.8 Å². The van der Waals surface area contributed by atoms with E-state index in [1.165, 1.54) is 7.11 Å². The molecule has 128 valence electrons. The van der Waals surface area contributed by atoms with Crippen molar-refractivity contribution in [2.75, 3.05) is 12.4 Å². The maximum Gasteiger partial charge on any atom is 0.355 e. The van der Waals surface area contributed by atoms with E-state index in [0.29, 0.717) is 17.0 Å². The van der Waals surface area contributed by atoms with E-state index in [0.717, 1.165) is 0 Å². The van der Waals surface area contributed by atoms with E-state index in [1.807, 2.05) is 0 Å². The zero-order chi connectivity index (χ0) is 17.8. The predicted octanol–water partition coefficient (Wildman–Crippen LogP) is 3.30. The molecule has 25 heavy (non-hydrogen) atoms. The van der Waals surface area contributed by atoms with E-state index < -0.39 is 18.2 Å². The zero-order valence-electron chi connectivity index (χ0n) is 13.2. The van der Waals surface area contributed by atoms with Gasteiger partial charge in [-0.1, -0.05) is 41.9 Å². The van der Waals surface area contributed by atoms with Gasteiger partial charge in [0.1, 0.15) is 11.4 Å². The zero-order valence-corrected chi connectivity index (χ0v) is 13.9. The molecule has 1 aliphatic rings. The van der Waals surface area contributed by atoms with Gasteiger partial charge in [-0.3, -0.25) is 0 Å². The quantitative estimate of drug-likeness (QED) is 0.826. The fourth-order valence-corrected chi connectivity index (χ4v) is 2.43. The van der Waals surface area contributed by atoms with Crippen molar-refractivity contribution in [3.05, 3.63) is 70.9 Å². The van der Waals surface area contributed by atoms with Crippen LogP contribution in [0.3, 0.4) is 0 Å². The number of cyclic esters (lactones) is 1. The van der Waals surface area contributed by atoms with Gasteiger partial charge in [-0.2, -0.15) is 0 Å². The molecule has 0 saturated carbocycles. The van der Waals surface area contributed by atoms with E-state index in [1.54, 1.807) is 54.6 Å². The summed E-state index contributed by atoms with van der Waals surface area (Å²) in [4.78, 5) is 24.0. The van der Waals surface area contributed by atoms with Crippen molar-refractivity contribution >= 4 is 29.2 Å². The molecule has 2 aromatic rings. The minimum absolute atomic E-state index is 0.139. The average molecular weight is 360 g/mol. The van der Waals surface area contributed by atoms with Crippen LogP contribution < -0.4 is 10.1 Å². The van der Waals surface area contributed by atoms with Gasteiger partial charge in [0.05, 0.1) is 18.4 Å². The third-order valence-corrected chi connectivity index (χ3v) is 3.82. The Bertz CT molecular complexity index is 834. The number of halogens is 1. The number of para-hydroxylation sites is 2. The predicted molar refractivity (Wildman–Crippen MR) is 91.2 cm³/mol. The SMILES string of the molecule is COc1ccccc1NC1=C(Cl)C(=O)OC1OC(=O)c1ccccc1. The second kappa shape index (κ2) is 7.27. The van der Waals surface area contributed by atoms with Gasteiger partial charge >= 0.3 is 11.9 Å². The molecule has 3 rings (SSSR count). The van der Waals surface area contributed by atoms with Gasteiger partial charge in [0.15, 0.2) is 5.03 Å². The van der Waals surface area contributed by atoms with Gasteiger partial charge in [-0.25, -0.2) is 9.59 Å². The summed E-state index contributed by atoms with van der Waals surface area (Å²) < 4.78 is 15.5. The number of benzene rings is 2. The van der Waals surface area contributed by atoms with Crippen molar-refractivity contribution < 1.29 is 23.8 Å². The third kappa shape index (κ3) is 3.59. The second-order valence-electron chi connectivity index (χ2n) is 5.06. The molecule has 0 fully saturated rings. The number of ether oxygens (including phenoxy) is 3. The summed E-state index contributed by atoms with van der Waals surface area (Å²) in [6.07, 6.45) is -1.27. The van der Waals surface area contributed by atoms with Gasteiger partial charge in [0, 0.05) is 0 Å². The average Bonchev–Trinajstić information content (AvgIpc) is 2.90. The lowest BCUT2D eigenvalue weighted by molar-refractivity contribution is -0.152. The van der Waals surface area contributed by atoms with Crippen molar-refractivity contribution in [1.82, 2.24) is 0 Å². The minimum Gasteiger partial charge on any atom is -0.495 e. The first-order valence-electron chi connectivity index (χ1n) is 7.37. The van der Waals surface area contributed by atoms with Crippen LogP contribution in [0.1, 0.15) is 10.4 Å². The summed E-state index contributed by atoms with van der Waals surface area (Å²) >= 11 is 6.01. The molecule has 0 spiro atoms. The molecule has 1 heterocycles. The van der Waals surface area contributed by atoms with Crippen LogP contribution >= 0.6 is 11.6 Å². The molecule has 0 amide bonds. The van der Waals surface area contributed by atoms with E-state index in [-0.39, 0.29) is 10.7 Å². The van der Waals surface area contributed by atoms with Crippen molar-refractivity contribution in [2.45, 2.75) is 6.29 Å². The van der Waals surface area contributed by atoms with Gasteiger partial charge in [-0.05, 0) is 24.3 Å². The summed E-state index contributed by atoms with van der Waals surface area (Å²) in [7, 11) is 1.51. The van der Waals surface area contributed by atoms with Crippen molar-refractivity contribution in [3.63, 3.8) is 0 Å². The first kappa shape index (κ1) is 16.9. The number of methoxy groups -OCH3 is 1. The Hall–Kier alpha value is -2.99. The van der Waals surface area contributed by atoms with Crippen LogP contribution in [0.15, 0.2) is 65.3 Å². The topological polar surface area (TPSA) is 73.9 Å². The van der Waals surface area contributed by atoms with Crippen LogP contribution in [0, 0.1) is 0 Å². The number of anilines is 1. The summed E-state index contributed by atoms with van der Waals surface area (Å²) in [6.45, 7) is 0. The Morgan fingerprint density at radius 3 is 2.52 bits per heavy atom. The fraction of sp³-hybridized carbons (Fsp3) is 0.111. The van der Waals surface area contributed by atoms with E-state index in [2.05, 4.69) is 5.32 Å². The fourth-order valence-electron chi connectivity index (χ4n) is 2.25. The molecule has 1 aliphatic heterocycles. The molecule has 0 radical (unpaired) electrons. The molecular weight excluding hydrogens is 346 g/mol. The van der Waals surface area contributed by atoms with Crippen LogP contribution in [0.5, 0.6) is 5.75 Å². The van der Waals surface area contributed by atoms with Crippen LogP contribution in [-0.2, 0) is 14.3 Å². The number of nitrogens with one attached hydrogen (secondary N) is 1. The normalized spacial score (nSPS) is 16.4. The van der Waals surface area contributed by atoms with Gasteiger partial charge in [0.2, 0.25) is 0 Å². The van der Waals surface area contributed by atoms with Crippen molar-refractivity contribution in [2.24, 2.45) is 0 Å². The van der Waals surface area contributed by atoms with Gasteiger partial charge in [-0.15, -0.1) is 0 Å². The highest BCUT2D eigenvalue weighted by Gasteiger charge is 2.37. The minimum atomic E-state index is -1.27.